The zero-order chi connectivity index (χ0) is 20.8. The highest BCUT2D eigenvalue weighted by molar-refractivity contribution is 5.96. The van der Waals surface area contributed by atoms with E-state index in [1.807, 2.05) is 18.2 Å². The van der Waals surface area contributed by atoms with Gasteiger partial charge in [0.15, 0.2) is 0 Å². The van der Waals surface area contributed by atoms with Crippen molar-refractivity contribution in [1.29, 1.82) is 0 Å². The second kappa shape index (κ2) is 10.1. The number of carbonyl (C=O) groups excluding carboxylic acids is 2. The lowest BCUT2D eigenvalue weighted by molar-refractivity contribution is -1.01. The van der Waals surface area contributed by atoms with Gasteiger partial charge in [-0.1, -0.05) is 6.07 Å². The van der Waals surface area contributed by atoms with Crippen molar-refractivity contribution in [2.75, 3.05) is 57.3 Å². The smallest absolute Gasteiger partial charge is 0.315 e. The number of hydrogen-bond donors (Lipinski definition) is 4. The summed E-state index contributed by atoms with van der Waals surface area (Å²) in [7, 11) is 0. The number of nitrogens with one attached hydrogen (secondary N) is 4. The molecule has 1 aromatic rings. The van der Waals surface area contributed by atoms with Crippen LogP contribution in [0.15, 0.2) is 18.2 Å². The predicted octanol–water partition coefficient (Wildman–Crippen LogP) is -1.10. The van der Waals surface area contributed by atoms with Crippen molar-refractivity contribution in [3.8, 4) is 0 Å². The number of quaternary nitrogens is 2. The Bertz CT molecular complexity index is 715. The Morgan fingerprint density at radius 1 is 1.14 bits per heavy atom. The van der Waals surface area contributed by atoms with Gasteiger partial charge in [-0.25, -0.2) is 4.79 Å². The largest absolute Gasteiger partial charge is 0.338 e. The summed E-state index contributed by atoms with van der Waals surface area (Å²) in [6.07, 6.45) is 1.34. The maximum absolute atomic E-state index is 12.4. The fraction of sp³-hybridized carbons (Fsp3) is 0.636. The molecule has 2 aliphatic rings. The minimum Gasteiger partial charge on any atom is -0.338 e. The number of rotatable bonds is 7. The van der Waals surface area contributed by atoms with Gasteiger partial charge in [0.1, 0.15) is 26.2 Å². The van der Waals surface area contributed by atoms with E-state index >= 15 is 0 Å². The molecule has 2 saturated heterocycles. The molecule has 29 heavy (non-hydrogen) atoms. The minimum absolute atomic E-state index is 0.0653. The first-order valence-corrected chi connectivity index (χ1v) is 11.1. The summed E-state index contributed by atoms with van der Waals surface area (Å²) in [5.74, 6) is 0.0653. The van der Waals surface area contributed by atoms with Crippen molar-refractivity contribution < 1.29 is 19.4 Å². The van der Waals surface area contributed by atoms with E-state index in [0.29, 0.717) is 19.5 Å². The third kappa shape index (κ3) is 5.93. The quantitative estimate of drug-likeness (QED) is 0.437. The molecule has 2 heterocycles. The zero-order valence-corrected chi connectivity index (χ0v) is 18.1. The van der Waals surface area contributed by atoms with E-state index in [0.717, 1.165) is 18.7 Å². The van der Waals surface area contributed by atoms with E-state index in [2.05, 4.69) is 31.4 Å². The molecule has 4 N–H and O–H groups in total. The Morgan fingerprint density at radius 3 is 2.55 bits per heavy atom. The molecule has 2 aliphatic heterocycles. The van der Waals surface area contributed by atoms with Crippen molar-refractivity contribution in [1.82, 2.24) is 10.6 Å². The van der Waals surface area contributed by atoms with Crippen LogP contribution >= 0.6 is 0 Å². The van der Waals surface area contributed by atoms with E-state index in [4.69, 9.17) is 0 Å². The SMILES string of the molecule is CC[NH+]1CC[NH+](CCCNC(=O)N[C@@H]2CC(=O)N(c3ccc(C)c(C)c3)C2)CC1. The zero-order valence-electron chi connectivity index (χ0n) is 18.1. The summed E-state index contributed by atoms with van der Waals surface area (Å²) in [4.78, 5) is 29.7. The van der Waals surface area contributed by atoms with Gasteiger partial charge in [0.05, 0.1) is 19.1 Å². The van der Waals surface area contributed by atoms with Crippen molar-refractivity contribution in [3.63, 3.8) is 0 Å². The fourth-order valence-corrected chi connectivity index (χ4v) is 4.28. The number of anilines is 1. The lowest BCUT2D eigenvalue weighted by atomic mass is 10.1. The van der Waals surface area contributed by atoms with E-state index < -0.39 is 0 Å². The molecule has 0 spiro atoms. The van der Waals surface area contributed by atoms with Gasteiger partial charge in [-0.2, -0.15) is 0 Å². The number of benzene rings is 1. The second-order valence-corrected chi connectivity index (χ2v) is 8.53. The molecule has 0 saturated carbocycles. The number of likely N-dealkylation sites (N-methyl/N-ethyl adjacent to an activating group) is 1. The molecule has 0 bridgehead atoms. The third-order valence-electron chi connectivity index (χ3n) is 6.42. The Hall–Kier alpha value is -2.12. The van der Waals surface area contributed by atoms with Gasteiger partial charge in [-0.05, 0) is 44.0 Å². The summed E-state index contributed by atoms with van der Waals surface area (Å²) in [5.41, 5.74) is 3.30. The Labute approximate surface area is 174 Å². The molecular formula is C22H37N5O2+2. The summed E-state index contributed by atoms with van der Waals surface area (Å²) < 4.78 is 0. The first-order chi connectivity index (χ1) is 14.0. The third-order valence-corrected chi connectivity index (χ3v) is 6.42. The normalized spacial score (nSPS) is 24.6. The highest BCUT2D eigenvalue weighted by Gasteiger charge is 2.31. The number of piperazine rings is 1. The highest BCUT2D eigenvalue weighted by Crippen LogP contribution is 2.24. The Kier molecular flexibility index (Phi) is 7.50. The highest BCUT2D eigenvalue weighted by atomic mass is 16.2. The maximum Gasteiger partial charge on any atom is 0.315 e. The fourth-order valence-electron chi connectivity index (χ4n) is 4.28. The maximum atomic E-state index is 12.4. The van der Waals surface area contributed by atoms with E-state index in [-0.39, 0.29) is 18.0 Å². The molecule has 160 valence electrons. The number of amides is 3. The summed E-state index contributed by atoms with van der Waals surface area (Å²) in [6, 6.07) is 5.75. The van der Waals surface area contributed by atoms with Crippen LogP contribution in [0.4, 0.5) is 10.5 Å². The molecule has 0 unspecified atom stereocenters. The van der Waals surface area contributed by atoms with Crippen molar-refractivity contribution in [2.45, 2.75) is 39.7 Å². The molecule has 0 radical (unpaired) electrons. The minimum atomic E-state index is -0.167. The van der Waals surface area contributed by atoms with Gasteiger partial charge < -0.3 is 25.3 Å². The average molecular weight is 404 g/mol. The van der Waals surface area contributed by atoms with Crippen LogP contribution in [0.1, 0.15) is 30.9 Å². The summed E-state index contributed by atoms with van der Waals surface area (Å²) in [6.45, 7) is 14.9. The number of urea groups is 1. The second-order valence-electron chi connectivity index (χ2n) is 8.53. The van der Waals surface area contributed by atoms with Crippen LogP contribution in [0.25, 0.3) is 0 Å². The van der Waals surface area contributed by atoms with Gasteiger partial charge in [-0.3, -0.25) is 4.79 Å². The predicted molar refractivity (Wildman–Crippen MR) is 115 cm³/mol. The van der Waals surface area contributed by atoms with E-state index in [9.17, 15) is 9.59 Å². The summed E-state index contributed by atoms with van der Waals surface area (Å²) >= 11 is 0. The molecule has 3 amide bonds. The van der Waals surface area contributed by atoms with E-state index in [1.54, 1.807) is 14.7 Å². The van der Waals surface area contributed by atoms with E-state index in [1.165, 1.54) is 43.9 Å². The molecule has 1 atom stereocenters. The summed E-state index contributed by atoms with van der Waals surface area (Å²) in [5, 5.41) is 5.92. The van der Waals surface area contributed by atoms with Crippen LogP contribution in [0.3, 0.4) is 0 Å². The first kappa shape index (κ1) is 21.6. The average Bonchev–Trinajstić information content (AvgIpc) is 3.07. The number of carbonyl (C=O) groups is 2. The van der Waals surface area contributed by atoms with Crippen molar-refractivity contribution >= 4 is 17.6 Å². The molecule has 7 nitrogen and oxygen atoms in total. The van der Waals surface area contributed by atoms with Gasteiger partial charge in [0.25, 0.3) is 0 Å². The topological polar surface area (TPSA) is 70.3 Å². The molecular weight excluding hydrogens is 366 g/mol. The molecule has 2 fully saturated rings. The Morgan fingerprint density at radius 2 is 1.86 bits per heavy atom. The Balaban J connectivity index is 1.35. The van der Waals surface area contributed by atoms with Gasteiger partial charge >= 0.3 is 6.03 Å². The number of hydrogen-bond acceptors (Lipinski definition) is 2. The standard InChI is InChI=1S/C22H35N5O2/c1-4-25-10-12-26(13-11-25)9-5-8-23-22(29)24-19-15-21(28)27(16-19)20-7-6-17(2)18(3)14-20/h6-7,14,19H,4-5,8-13,15-16H2,1-3H3,(H2,23,24,29)/p+2/t19-/m1/s1. The van der Waals surface area contributed by atoms with Crippen LogP contribution < -0.4 is 25.3 Å². The van der Waals surface area contributed by atoms with Crippen LogP contribution in [0, 0.1) is 13.8 Å². The van der Waals surface area contributed by atoms with Gasteiger partial charge in [0, 0.05) is 31.6 Å². The lowest BCUT2D eigenvalue weighted by Crippen LogP contribution is -3.28. The lowest BCUT2D eigenvalue weighted by Gasteiger charge is -2.29. The number of aryl methyl sites for hydroxylation is 2. The van der Waals surface area contributed by atoms with Gasteiger partial charge in [-0.15, -0.1) is 0 Å². The monoisotopic (exact) mass is 403 g/mol. The van der Waals surface area contributed by atoms with Gasteiger partial charge in [0.2, 0.25) is 5.91 Å². The van der Waals surface area contributed by atoms with Crippen LogP contribution in [-0.4, -0.2) is 70.3 Å². The number of nitrogens with zero attached hydrogens (tertiary/aromatic N) is 1. The molecule has 0 aromatic heterocycles. The van der Waals surface area contributed by atoms with Crippen LogP contribution in [0.2, 0.25) is 0 Å². The van der Waals surface area contributed by atoms with Crippen LogP contribution in [0.5, 0.6) is 0 Å². The van der Waals surface area contributed by atoms with Crippen LogP contribution in [-0.2, 0) is 4.79 Å². The molecule has 1 aromatic carbocycles. The first-order valence-electron chi connectivity index (χ1n) is 11.1. The van der Waals surface area contributed by atoms with Crippen molar-refractivity contribution in [3.05, 3.63) is 29.3 Å². The molecule has 7 heteroatoms. The van der Waals surface area contributed by atoms with Crippen molar-refractivity contribution in [2.24, 2.45) is 0 Å². The molecule has 0 aliphatic carbocycles. The molecule has 3 rings (SSSR count).